The number of carboxylic acids is 1. The third-order valence-corrected chi connectivity index (χ3v) is 6.32. The van der Waals surface area contributed by atoms with Crippen LogP contribution in [-0.2, 0) is 32.0 Å². The summed E-state index contributed by atoms with van der Waals surface area (Å²) in [6.07, 6.45) is 5.31. The SMILES string of the molecule is CCC(C)C(NC(=O)CN)C(=O)NC(Cc1c[nH]c2ccccc12)C(=O)NC(Cc1cnc[nH]1)C(=O)O. The van der Waals surface area contributed by atoms with Crippen LogP contribution in [-0.4, -0.2) is 68.4 Å². The number of aromatic amines is 2. The van der Waals surface area contributed by atoms with Crippen LogP contribution >= 0.6 is 0 Å². The molecule has 198 valence electrons. The number of carboxylic acid groups (broad SMARTS) is 1. The number of H-pyrrole nitrogens is 2. The minimum absolute atomic E-state index is 0.0170. The quantitative estimate of drug-likeness (QED) is 0.170. The highest BCUT2D eigenvalue weighted by Gasteiger charge is 2.32. The summed E-state index contributed by atoms with van der Waals surface area (Å²) < 4.78 is 0. The van der Waals surface area contributed by atoms with Crippen molar-refractivity contribution in [1.29, 1.82) is 0 Å². The summed E-state index contributed by atoms with van der Waals surface area (Å²) in [5.41, 5.74) is 7.58. The molecule has 1 aromatic carbocycles. The molecule has 0 saturated heterocycles. The highest BCUT2D eigenvalue weighted by atomic mass is 16.4. The highest BCUT2D eigenvalue weighted by molar-refractivity contribution is 5.94. The Balaban J connectivity index is 1.86. The van der Waals surface area contributed by atoms with Gasteiger partial charge in [0.25, 0.3) is 0 Å². The van der Waals surface area contributed by atoms with Gasteiger partial charge in [0, 0.05) is 41.8 Å². The molecule has 12 nitrogen and oxygen atoms in total. The van der Waals surface area contributed by atoms with Gasteiger partial charge in [-0.25, -0.2) is 9.78 Å². The molecule has 2 aromatic heterocycles. The van der Waals surface area contributed by atoms with Crippen molar-refractivity contribution >= 4 is 34.6 Å². The highest BCUT2D eigenvalue weighted by Crippen LogP contribution is 2.19. The van der Waals surface area contributed by atoms with Gasteiger partial charge in [0.15, 0.2) is 0 Å². The van der Waals surface area contributed by atoms with E-state index in [1.807, 2.05) is 31.2 Å². The van der Waals surface area contributed by atoms with Crippen LogP contribution in [0.15, 0.2) is 43.0 Å². The lowest BCUT2D eigenvalue weighted by molar-refractivity contribution is -0.142. The number of aromatic nitrogens is 3. The van der Waals surface area contributed by atoms with E-state index < -0.39 is 41.8 Å². The van der Waals surface area contributed by atoms with Crippen LogP contribution < -0.4 is 21.7 Å². The summed E-state index contributed by atoms with van der Waals surface area (Å²) in [6.45, 7) is 3.40. The van der Waals surface area contributed by atoms with E-state index in [0.717, 1.165) is 16.5 Å². The number of nitrogens with one attached hydrogen (secondary N) is 5. The van der Waals surface area contributed by atoms with Crippen LogP contribution in [0.25, 0.3) is 10.9 Å². The van der Waals surface area contributed by atoms with Crippen molar-refractivity contribution in [2.24, 2.45) is 11.7 Å². The second-order valence-corrected chi connectivity index (χ2v) is 8.94. The standard InChI is InChI=1S/C25H33N7O5/c1-3-14(2)22(32-21(33)10-26)24(35)30-19(8-15-11-28-18-7-5-4-6-17(15)18)23(34)31-20(25(36)37)9-16-12-27-13-29-16/h4-7,11-14,19-20,22,28H,3,8-10,26H2,1-2H3,(H,27,29)(H,30,35)(H,31,34)(H,32,33)(H,36,37). The number of nitrogens with two attached hydrogens (primary N) is 1. The molecule has 0 saturated carbocycles. The van der Waals surface area contributed by atoms with Crippen molar-refractivity contribution in [3.8, 4) is 0 Å². The second kappa shape index (κ2) is 12.7. The second-order valence-electron chi connectivity index (χ2n) is 8.94. The van der Waals surface area contributed by atoms with E-state index in [2.05, 4.69) is 30.9 Å². The smallest absolute Gasteiger partial charge is 0.326 e. The van der Waals surface area contributed by atoms with Crippen LogP contribution in [0.2, 0.25) is 0 Å². The fraction of sp³-hybridized carbons (Fsp3) is 0.400. The predicted molar refractivity (Wildman–Crippen MR) is 136 cm³/mol. The van der Waals surface area contributed by atoms with Gasteiger partial charge in [-0.1, -0.05) is 38.5 Å². The fourth-order valence-corrected chi connectivity index (χ4v) is 4.01. The van der Waals surface area contributed by atoms with E-state index in [1.54, 1.807) is 13.1 Å². The molecule has 0 aliphatic heterocycles. The van der Waals surface area contributed by atoms with Crippen LogP contribution in [0.3, 0.4) is 0 Å². The van der Waals surface area contributed by atoms with Crippen molar-refractivity contribution in [2.75, 3.05) is 6.54 Å². The normalized spacial score (nSPS) is 14.4. The molecule has 3 rings (SSSR count). The van der Waals surface area contributed by atoms with Gasteiger partial charge in [-0.05, 0) is 17.5 Å². The zero-order valence-electron chi connectivity index (χ0n) is 20.8. The Hall–Kier alpha value is -4.19. The number of imidazole rings is 1. The maximum atomic E-state index is 13.4. The molecule has 0 spiro atoms. The van der Waals surface area contributed by atoms with Gasteiger partial charge >= 0.3 is 5.97 Å². The lowest BCUT2D eigenvalue weighted by Gasteiger charge is -2.27. The topological polar surface area (TPSA) is 195 Å². The van der Waals surface area contributed by atoms with Crippen molar-refractivity contribution in [1.82, 2.24) is 30.9 Å². The summed E-state index contributed by atoms with van der Waals surface area (Å²) in [6, 6.07) is 4.23. The number of amides is 3. The molecule has 0 aliphatic carbocycles. The molecule has 0 bridgehead atoms. The minimum Gasteiger partial charge on any atom is -0.480 e. The minimum atomic E-state index is -1.25. The predicted octanol–water partition coefficient (Wildman–Crippen LogP) is 0.220. The molecular formula is C25H33N7O5. The number of aliphatic carboxylic acids is 1. The van der Waals surface area contributed by atoms with Gasteiger partial charge in [0.1, 0.15) is 18.1 Å². The Labute approximate surface area is 213 Å². The van der Waals surface area contributed by atoms with Crippen LogP contribution in [0.5, 0.6) is 0 Å². The number of nitrogens with zero attached hydrogens (tertiary/aromatic N) is 1. The van der Waals surface area contributed by atoms with E-state index in [0.29, 0.717) is 12.1 Å². The number of hydrogen-bond donors (Lipinski definition) is 7. The molecule has 0 fully saturated rings. The molecule has 4 unspecified atom stereocenters. The first-order valence-corrected chi connectivity index (χ1v) is 12.1. The Bertz CT molecular complexity index is 1220. The average Bonchev–Trinajstić information content (AvgIpc) is 3.55. The lowest BCUT2D eigenvalue weighted by atomic mass is 9.97. The Kier molecular flexibility index (Phi) is 9.39. The number of fused-ring (bicyclic) bond motifs is 1. The fourth-order valence-electron chi connectivity index (χ4n) is 4.01. The largest absolute Gasteiger partial charge is 0.480 e. The monoisotopic (exact) mass is 511 g/mol. The number of rotatable bonds is 13. The molecule has 37 heavy (non-hydrogen) atoms. The zero-order chi connectivity index (χ0) is 26.9. The maximum Gasteiger partial charge on any atom is 0.326 e. The third kappa shape index (κ3) is 7.17. The van der Waals surface area contributed by atoms with Gasteiger partial charge in [0.05, 0.1) is 12.9 Å². The van der Waals surface area contributed by atoms with Gasteiger partial charge in [-0.15, -0.1) is 0 Å². The Morgan fingerprint density at radius 2 is 1.76 bits per heavy atom. The molecule has 2 heterocycles. The summed E-state index contributed by atoms with van der Waals surface area (Å²) in [5, 5.41) is 18.5. The van der Waals surface area contributed by atoms with Crippen LogP contribution in [0.1, 0.15) is 31.5 Å². The Morgan fingerprint density at radius 3 is 2.41 bits per heavy atom. The lowest BCUT2D eigenvalue weighted by Crippen LogP contribution is -2.58. The van der Waals surface area contributed by atoms with Gasteiger partial charge in [0.2, 0.25) is 17.7 Å². The molecule has 12 heteroatoms. The average molecular weight is 512 g/mol. The first-order chi connectivity index (χ1) is 17.7. The van der Waals surface area contributed by atoms with E-state index in [-0.39, 0.29) is 25.3 Å². The summed E-state index contributed by atoms with van der Waals surface area (Å²) in [4.78, 5) is 60.4. The molecular weight excluding hydrogens is 478 g/mol. The zero-order valence-corrected chi connectivity index (χ0v) is 20.8. The van der Waals surface area contributed by atoms with E-state index in [4.69, 9.17) is 5.73 Å². The third-order valence-electron chi connectivity index (χ3n) is 6.32. The number of benzene rings is 1. The van der Waals surface area contributed by atoms with E-state index >= 15 is 0 Å². The van der Waals surface area contributed by atoms with E-state index in [1.165, 1.54) is 12.5 Å². The number of carbonyl (C=O) groups excluding carboxylic acids is 3. The van der Waals surface area contributed by atoms with E-state index in [9.17, 15) is 24.3 Å². The maximum absolute atomic E-state index is 13.4. The number of carbonyl (C=O) groups is 4. The molecule has 0 radical (unpaired) electrons. The first kappa shape index (κ1) is 27.4. The van der Waals surface area contributed by atoms with Crippen molar-refractivity contribution in [3.05, 3.63) is 54.2 Å². The summed E-state index contributed by atoms with van der Waals surface area (Å²) in [7, 11) is 0. The molecule has 4 atom stereocenters. The van der Waals surface area contributed by atoms with Crippen molar-refractivity contribution in [2.45, 2.75) is 51.2 Å². The summed E-state index contributed by atoms with van der Waals surface area (Å²) in [5.74, 6) is -3.19. The van der Waals surface area contributed by atoms with Gasteiger partial charge < -0.3 is 36.8 Å². The van der Waals surface area contributed by atoms with Crippen molar-refractivity contribution in [3.63, 3.8) is 0 Å². The van der Waals surface area contributed by atoms with Crippen molar-refractivity contribution < 1.29 is 24.3 Å². The summed E-state index contributed by atoms with van der Waals surface area (Å²) >= 11 is 0. The number of hydrogen-bond acceptors (Lipinski definition) is 6. The molecule has 0 aliphatic rings. The molecule has 3 aromatic rings. The van der Waals surface area contributed by atoms with Gasteiger partial charge in [-0.3, -0.25) is 14.4 Å². The Morgan fingerprint density at radius 1 is 1.03 bits per heavy atom. The van der Waals surface area contributed by atoms with Crippen LogP contribution in [0.4, 0.5) is 0 Å². The number of para-hydroxylation sites is 1. The molecule has 3 amide bonds. The van der Waals surface area contributed by atoms with Crippen LogP contribution in [0, 0.1) is 5.92 Å². The van der Waals surface area contributed by atoms with Gasteiger partial charge in [-0.2, -0.15) is 0 Å². The molecule has 8 N–H and O–H groups in total. The first-order valence-electron chi connectivity index (χ1n) is 12.1.